The number of fused-ring (bicyclic) bond motifs is 2. The molecule has 1 heterocycles. The van der Waals surface area contributed by atoms with E-state index in [9.17, 15) is 9.59 Å². The van der Waals surface area contributed by atoms with E-state index in [1.54, 1.807) is 0 Å². The molecule has 1 saturated heterocycles. The number of rotatable bonds is 2. The van der Waals surface area contributed by atoms with Gasteiger partial charge >= 0.3 is 0 Å². The summed E-state index contributed by atoms with van der Waals surface area (Å²) in [5.74, 6) is 1.25. The second-order valence-electron chi connectivity index (χ2n) is 6.76. The van der Waals surface area contributed by atoms with Crippen LogP contribution in [0.5, 0.6) is 0 Å². The summed E-state index contributed by atoms with van der Waals surface area (Å²) in [5, 5.41) is 6.07. The van der Waals surface area contributed by atoms with E-state index in [1.807, 2.05) is 0 Å². The quantitative estimate of drug-likeness (QED) is 0.689. The number of carbonyl (C=O) groups is 2. The highest BCUT2D eigenvalue weighted by Crippen LogP contribution is 2.39. The van der Waals surface area contributed by atoms with Gasteiger partial charge in [-0.05, 0) is 43.9 Å². The van der Waals surface area contributed by atoms with Crippen LogP contribution in [-0.4, -0.2) is 30.4 Å². The van der Waals surface area contributed by atoms with Crippen LogP contribution in [-0.2, 0) is 9.59 Å². The minimum Gasteiger partial charge on any atom is -0.355 e. The maximum atomic E-state index is 12.4. The molecule has 2 aliphatic carbocycles. The van der Waals surface area contributed by atoms with Crippen molar-refractivity contribution in [2.45, 2.75) is 57.0 Å². The molecule has 5 nitrogen and oxygen atoms in total. The van der Waals surface area contributed by atoms with Gasteiger partial charge in [-0.3, -0.25) is 9.59 Å². The standard InChI is InChI=1S/C15H25N3O2/c16-12-6-9-2-1-3-10(7-12)14(9)18-15(20)11-4-5-13(19)17-8-11/h9-12,14H,1-8,16H2,(H,17,19)(H,18,20). The molecule has 3 fully saturated rings. The lowest BCUT2D eigenvalue weighted by atomic mass is 9.67. The van der Waals surface area contributed by atoms with Gasteiger partial charge in [0.2, 0.25) is 11.8 Å². The van der Waals surface area contributed by atoms with Gasteiger partial charge in [0.1, 0.15) is 0 Å². The van der Waals surface area contributed by atoms with E-state index in [2.05, 4.69) is 10.6 Å². The Hall–Kier alpha value is -1.10. The maximum absolute atomic E-state index is 12.4. The van der Waals surface area contributed by atoms with E-state index in [-0.39, 0.29) is 17.7 Å². The summed E-state index contributed by atoms with van der Waals surface area (Å²) in [4.78, 5) is 23.6. The Morgan fingerprint density at radius 1 is 1.20 bits per heavy atom. The number of hydrogen-bond acceptors (Lipinski definition) is 3. The molecule has 0 radical (unpaired) electrons. The van der Waals surface area contributed by atoms with Gasteiger partial charge in [0.25, 0.3) is 0 Å². The van der Waals surface area contributed by atoms with Crippen molar-refractivity contribution in [3.05, 3.63) is 0 Å². The largest absolute Gasteiger partial charge is 0.355 e. The topological polar surface area (TPSA) is 84.2 Å². The number of piperidine rings is 1. The molecule has 2 saturated carbocycles. The van der Waals surface area contributed by atoms with Crippen LogP contribution in [0.2, 0.25) is 0 Å². The summed E-state index contributed by atoms with van der Waals surface area (Å²) < 4.78 is 0. The summed E-state index contributed by atoms with van der Waals surface area (Å²) in [5.41, 5.74) is 6.12. The highest BCUT2D eigenvalue weighted by Gasteiger charge is 2.40. The van der Waals surface area contributed by atoms with Gasteiger partial charge in [-0.1, -0.05) is 6.42 Å². The molecule has 112 valence electrons. The third-order valence-electron chi connectivity index (χ3n) is 5.32. The fraction of sp³-hybridized carbons (Fsp3) is 0.867. The van der Waals surface area contributed by atoms with E-state index < -0.39 is 0 Å². The van der Waals surface area contributed by atoms with Crippen molar-refractivity contribution < 1.29 is 9.59 Å². The Balaban J connectivity index is 1.59. The molecule has 2 amide bonds. The first-order chi connectivity index (χ1) is 9.63. The van der Waals surface area contributed by atoms with Crippen molar-refractivity contribution in [1.82, 2.24) is 10.6 Å². The SMILES string of the molecule is NC1CC2CCCC(C1)C2NC(=O)C1CCC(=O)NC1. The first-order valence-electron chi connectivity index (χ1n) is 7.96. The lowest BCUT2D eigenvalue weighted by Gasteiger charge is -2.45. The van der Waals surface area contributed by atoms with Gasteiger partial charge in [0.05, 0.1) is 5.92 Å². The molecule has 3 unspecified atom stereocenters. The predicted octanol–water partition coefficient (Wildman–Crippen LogP) is 0.535. The third-order valence-corrected chi connectivity index (χ3v) is 5.32. The Morgan fingerprint density at radius 3 is 2.50 bits per heavy atom. The highest BCUT2D eigenvalue weighted by atomic mass is 16.2. The van der Waals surface area contributed by atoms with Crippen LogP contribution >= 0.6 is 0 Å². The average Bonchev–Trinajstić information content (AvgIpc) is 2.40. The van der Waals surface area contributed by atoms with Crippen molar-refractivity contribution in [2.24, 2.45) is 23.5 Å². The number of amides is 2. The van der Waals surface area contributed by atoms with Gasteiger partial charge < -0.3 is 16.4 Å². The van der Waals surface area contributed by atoms with Crippen molar-refractivity contribution in [2.75, 3.05) is 6.54 Å². The molecule has 3 rings (SSSR count). The van der Waals surface area contributed by atoms with Gasteiger partial charge in [0.15, 0.2) is 0 Å². The molecule has 2 bridgehead atoms. The Morgan fingerprint density at radius 2 is 1.90 bits per heavy atom. The van der Waals surface area contributed by atoms with E-state index in [0.717, 1.165) is 12.8 Å². The zero-order valence-corrected chi connectivity index (χ0v) is 11.9. The van der Waals surface area contributed by atoms with Gasteiger partial charge in [-0.2, -0.15) is 0 Å². The number of hydrogen-bond donors (Lipinski definition) is 3. The molecule has 4 N–H and O–H groups in total. The second-order valence-corrected chi connectivity index (χ2v) is 6.76. The molecule has 3 atom stereocenters. The summed E-state index contributed by atoms with van der Waals surface area (Å²) >= 11 is 0. The highest BCUT2D eigenvalue weighted by molar-refractivity contribution is 5.83. The van der Waals surface area contributed by atoms with Crippen molar-refractivity contribution in [3.63, 3.8) is 0 Å². The normalized spacial score (nSPS) is 40.9. The molecule has 1 aliphatic heterocycles. The Kier molecular flexibility index (Phi) is 3.96. The predicted molar refractivity (Wildman–Crippen MR) is 75.7 cm³/mol. The number of nitrogens with one attached hydrogen (secondary N) is 2. The number of carbonyl (C=O) groups excluding carboxylic acids is 2. The van der Waals surface area contributed by atoms with Crippen LogP contribution < -0.4 is 16.4 Å². The van der Waals surface area contributed by atoms with Crippen LogP contribution in [0.15, 0.2) is 0 Å². The molecule has 5 heteroatoms. The van der Waals surface area contributed by atoms with Gasteiger partial charge in [-0.15, -0.1) is 0 Å². The van der Waals surface area contributed by atoms with E-state index >= 15 is 0 Å². The lowest BCUT2D eigenvalue weighted by Crippen LogP contribution is -2.56. The Labute approximate surface area is 120 Å². The van der Waals surface area contributed by atoms with Crippen molar-refractivity contribution in [3.8, 4) is 0 Å². The zero-order valence-electron chi connectivity index (χ0n) is 11.9. The average molecular weight is 279 g/mol. The first kappa shape index (κ1) is 13.9. The maximum Gasteiger partial charge on any atom is 0.225 e. The second kappa shape index (κ2) is 5.72. The van der Waals surface area contributed by atoms with Crippen LogP contribution in [0.25, 0.3) is 0 Å². The fourth-order valence-corrected chi connectivity index (χ4v) is 4.26. The minimum absolute atomic E-state index is 0.0518. The molecule has 20 heavy (non-hydrogen) atoms. The molecule has 3 aliphatic rings. The summed E-state index contributed by atoms with van der Waals surface area (Å²) in [6, 6.07) is 0.626. The monoisotopic (exact) mass is 279 g/mol. The molecular weight excluding hydrogens is 254 g/mol. The summed E-state index contributed by atoms with van der Waals surface area (Å²) in [6.07, 6.45) is 6.90. The lowest BCUT2D eigenvalue weighted by molar-refractivity contribution is -0.130. The van der Waals surface area contributed by atoms with Crippen LogP contribution in [0.1, 0.15) is 44.9 Å². The van der Waals surface area contributed by atoms with E-state index in [4.69, 9.17) is 5.73 Å². The van der Waals surface area contributed by atoms with E-state index in [0.29, 0.717) is 43.3 Å². The Bertz CT molecular complexity index is 375. The van der Waals surface area contributed by atoms with Crippen molar-refractivity contribution in [1.29, 1.82) is 0 Å². The van der Waals surface area contributed by atoms with Crippen molar-refractivity contribution >= 4 is 11.8 Å². The molecule has 0 spiro atoms. The van der Waals surface area contributed by atoms with Crippen LogP contribution in [0.3, 0.4) is 0 Å². The summed E-state index contributed by atoms with van der Waals surface area (Å²) in [7, 11) is 0. The smallest absolute Gasteiger partial charge is 0.225 e. The van der Waals surface area contributed by atoms with Gasteiger partial charge in [0, 0.05) is 25.0 Å². The summed E-state index contributed by atoms with van der Waals surface area (Å²) in [6.45, 7) is 0.492. The first-order valence-corrected chi connectivity index (χ1v) is 7.96. The molecule has 0 aromatic carbocycles. The molecule has 0 aromatic heterocycles. The third kappa shape index (κ3) is 2.82. The van der Waals surface area contributed by atoms with Gasteiger partial charge in [-0.25, -0.2) is 0 Å². The van der Waals surface area contributed by atoms with Crippen LogP contribution in [0, 0.1) is 17.8 Å². The minimum atomic E-state index is -0.0518. The van der Waals surface area contributed by atoms with E-state index in [1.165, 1.54) is 19.3 Å². The fourth-order valence-electron chi connectivity index (χ4n) is 4.26. The number of nitrogens with two attached hydrogens (primary N) is 1. The molecular formula is C15H25N3O2. The molecule has 0 aromatic rings. The zero-order chi connectivity index (χ0) is 14.1. The van der Waals surface area contributed by atoms with Crippen LogP contribution in [0.4, 0.5) is 0 Å².